The standard InChI is InChI=1S/C18H22N2O2/c1-20(16-9-4-3-5-10-16)13-12-19-18(21)14-15-8-6-7-11-17(15)22-2/h3-11H,12-14H2,1-2H3,(H,19,21). The summed E-state index contributed by atoms with van der Waals surface area (Å²) < 4.78 is 5.26. The van der Waals surface area contributed by atoms with Crippen LogP contribution in [0.25, 0.3) is 0 Å². The van der Waals surface area contributed by atoms with E-state index in [0.717, 1.165) is 23.5 Å². The first-order valence-electron chi connectivity index (χ1n) is 7.35. The quantitative estimate of drug-likeness (QED) is 0.854. The van der Waals surface area contributed by atoms with Crippen molar-refractivity contribution in [2.75, 3.05) is 32.1 Å². The maximum atomic E-state index is 12.0. The van der Waals surface area contributed by atoms with Crippen LogP contribution in [0.15, 0.2) is 54.6 Å². The van der Waals surface area contributed by atoms with Gasteiger partial charge in [-0.15, -0.1) is 0 Å². The summed E-state index contributed by atoms with van der Waals surface area (Å²) in [5.41, 5.74) is 2.04. The van der Waals surface area contributed by atoms with Crippen LogP contribution >= 0.6 is 0 Å². The van der Waals surface area contributed by atoms with E-state index in [1.165, 1.54) is 0 Å². The maximum absolute atomic E-state index is 12.0. The molecule has 116 valence electrons. The van der Waals surface area contributed by atoms with E-state index >= 15 is 0 Å². The van der Waals surface area contributed by atoms with Gasteiger partial charge in [-0.25, -0.2) is 0 Å². The summed E-state index contributed by atoms with van der Waals surface area (Å²) in [4.78, 5) is 14.1. The molecule has 0 radical (unpaired) electrons. The van der Waals surface area contributed by atoms with Gasteiger partial charge in [-0.05, 0) is 18.2 Å². The lowest BCUT2D eigenvalue weighted by molar-refractivity contribution is -0.120. The third-order valence-electron chi connectivity index (χ3n) is 3.51. The third-order valence-corrected chi connectivity index (χ3v) is 3.51. The number of hydrogen-bond acceptors (Lipinski definition) is 3. The highest BCUT2D eigenvalue weighted by atomic mass is 16.5. The first kappa shape index (κ1) is 15.9. The highest BCUT2D eigenvalue weighted by Crippen LogP contribution is 2.17. The van der Waals surface area contributed by atoms with Crippen LogP contribution in [0.5, 0.6) is 5.75 Å². The topological polar surface area (TPSA) is 41.6 Å². The molecule has 0 saturated heterocycles. The molecule has 2 aromatic rings. The summed E-state index contributed by atoms with van der Waals surface area (Å²) in [6, 6.07) is 17.7. The van der Waals surface area contributed by atoms with Gasteiger partial charge < -0.3 is 15.0 Å². The average molecular weight is 298 g/mol. The van der Waals surface area contributed by atoms with Gasteiger partial charge in [0.15, 0.2) is 0 Å². The largest absolute Gasteiger partial charge is 0.496 e. The van der Waals surface area contributed by atoms with Gasteiger partial charge in [-0.2, -0.15) is 0 Å². The molecule has 2 rings (SSSR count). The molecule has 4 nitrogen and oxygen atoms in total. The molecule has 1 N–H and O–H groups in total. The molecular formula is C18H22N2O2. The van der Waals surface area contributed by atoms with Crippen LogP contribution in [0.4, 0.5) is 5.69 Å². The molecule has 22 heavy (non-hydrogen) atoms. The molecule has 0 saturated carbocycles. The van der Waals surface area contributed by atoms with Gasteiger partial charge in [0.2, 0.25) is 5.91 Å². The third kappa shape index (κ3) is 4.52. The van der Waals surface area contributed by atoms with E-state index in [-0.39, 0.29) is 5.91 Å². The zero-order valence-corrected chi connectivity index (χ0v) is 13.1. The van der Waals surface area contributed by atoms with Crippen LogP contribution in [-0.2, 0) is 11.2 Å². The van der Waals surface area contributed by atoms with Crippen molar-refractivity contribution < 1.29 is 9.53 Å². The van der Waals surface area contributed by atoms with E-state index in [1.54, 1.807) is 7.11 Å². The van der Waals surface area contributed by atoms with Gasteiger partial charge in [-0.1, -0.05) is 36.4 Å². The number of likely N-dealkylation sites (N-methyl/N-ethyl adjacent to an activating group) is 1. The molecule has 2 aromatic carbocycles. The molecule has 0 heterocycles. The normalized spacial score (nSPS) is 10.1. The van der Waals surface area contributed by atoms with E-state index in [4.69, 9.17) is 4.74 Å². The number of ether oxygens (including phenoxy) is 1. The number of rotatable bonds is 7. The van der Waals surface area contributed by atoms with Gasteiger partial charge >= 0.3 is 0 Å². The number of para-hydroxylation sites is 2. The first-order chi connectivity index (χ1) is 10.7. The van der Waals surface area contributed by atoms with E-state index in [9.17, 15) is 4.79 Å². The SMILES string of the molecule is COc1ccccc1CC(=O)NCCN(C)c1ccccc1. The number of benzene rings is 2. The van der Waals surface area contributed by atoms with Crippen LogP contribution in [0.1, 0.15) is 5.56 Å². The first-order valence-corrected chi connectivity index (χ1v) is 7.35. The zero-order valence-electron chi connectivity index (χ0n) is 13.1. The van der Waals surface area contributed by atoms with E-state index in [2.05, 4.69) is 22.3 Å². The molecule has 0 fully saturated rings. The molecule has 0 spiro atoms. The summed E-state index contributed by atoms with van der Waals surface area (Å²) >= 11 is 0. The number of nitrogens with one attached hydrogen (secondary N) is 1. The molecular weight excluding hydrogens is 276 g/mol. The minimum atomic E-state index is 0.00552. The second-order valence-corrected chi connectivity index (χ2v) is 5.10. The summed E-state index contributed by atoms with van der Waals surface area (Å²) in [5.74, 6) is 0.755. The monoisotopic (exact) mass is 298 g/mol. The average Bonchev–Trinajstić information content (AvgIpc) is 2.56. The second-order valence-electron chi connectivity index (χ2n) is 5.10. The van der Waals surface area contributed by atoms with E-state index < -0.39 is 0 Å². The van der Waals surface area contributed by atoms with Gasteiger partial charge in [0, 0.05) is 31.4 Å². The Morgan fingerprint density at radius 3 is 2.50 bits per heavy atom. The molecule has 0 bridgehead atoms. The molecule has 0 aliphatic carbocycles. The highest BCUT2D eigenvalue weighted by Gasteiger charge is 2.08. The Kier molecular flexibility index (Phi) is 5.83. The summed E-state index contributed by atoms with van der Waals surface area (Å²) in [6.07, 6.45) is 0.332. The Balaban J connectivity index is 1.78. The van der Waals surface area contributed by atoms with Crippen molar-refractivity contribution in [3.63, 3.8) is 0 Å². The zero-order chi connectivity index (χ0) is 15.8. The lowest BCUT2D eigenvalue weighted by atomic mass is 10.1. The summed E-state index contributed by atoms with van der Waals surface area (Å²) in [7, 11) is 3.63. The Morgan fingerprint density at radius 1 is 1.09 bits per heavy atom. The van der Waals surface area contributed by atoms with E-state index in [0.29, 0.717) is 13.0 Å². The minimum absolute atomic E-state index is 0.00552. The van der Waals surface area contributed by atoms with Crippen LogP contribution < -0.4 is 15.0 Å². The fourth-order valence-electron chi connectivity index (χ4n) is 2.26. The van der Waals surface area contributed by atoms with Crippen molar-refractivity contribution >= 4 is 11.6 Å². The van der Waals surface area contributed by atoms with Crippen molar-refractivity contribution in [2.24, 2.45) is 0 Å². The van der Waals surface area contributed by atoms with Crippen molar-refractivity contribution in [3.05, 3.63) is 60.2 Å². The molecule has 0 atom stereocenters. The Labute approximate surface area is 131 Å². The highest BCUT2D eigenvalue weighted by molar-refractivity contribution is 5.79. The summed E-state index contributed by atoms with van der Waals surface area (Å²) in [6.45, 7) is 1.38. The van der Waals surface area contributed by atoms with E-state index in [1.807, 2.05) is 49.5 Å². The van der Waals surface area contributed by atoms with Crippen molar-refractivity contribution in [3.8, 4) is 5.75 Å². The number of carbonyl (C=O) groups excluding carboxylic acids is 1. The Hall–Kier alpha value is -2.49. The van der Waals surface area contributed by atoms with Crippen molar-refractivity contribution in [1.82, 2.24) is 5.32 Å². The molecule has 0 aliphatic heterocycles. The van der Waals surface area contributed by atoms with Crippen molar-refractivity contribution in [2.45, 2.75) is 6.42 Å². The molecule has 0 aromatic heterocycles. The predicted molar refractivity (Wildman–Crippen MR) is 89.4 cm³/mol. The number of carbonyl (C=O) groups is 1. The Morgan fingerprint density at radius 2 is 1.77 bits per heavy atom. The molecule has 0 unspecified atom stereocenters. The lowest BCUT2D eigenvalue weighted by Crippen LogP contribution is -2.33. The summed E-state index contributed by atoms with van der Waals surface area (Å²) in [5, 5.41) is 2.95. The van der Waals surface area contributed by atoms with Gasteiger partial charge in [-0.3, -0.25) is 4.79 Å². The Bertz CT molecular complexity index is 599. The van der Waals surface area contributed by atoms with Crippen LogP contribution in [-0.4, -0.2) is 33.2 Å². The lowest BCUT2D eigenvalue weighted by Gasteiger charge is -2.19. The van der Waals surface area contributed by atoms with Crippen molar-refractivity contribution in [1.29, 1.82) is 0 Å². The van der Waals surface area contributed by atoms with Gasteiger partial charge in [0.25, 0.3) is 0 Å². The van der Waals surface area contributed by atoms with Crippen LogP contribution in [0.2, 0.25) is 0 Å². The number of methoxy groups -OCH3 is 1. The maximum Gasteiger partial charge on any atom is 0.224 e. The number of nitrogens with zero attached hydrogens (tertiary/aromatic N) is 1. The molecule has 0 aliphatic rings. The van der Waals surface area contributed by atoms with Gasteiger partial charge in [0.05, 0.1) is 13.5 Å². The van der Waals surface area contributed by atoms with Crippen LogP contribution in [0.3, 0.4) is 0 Å². The fourth-order valence-corrected chi connectivity index (χ4v) is 2.26. The smallest absolute Gasteiger partial charge is 0.224 e. The molecule has 4 heteroatoms. The van der Waals surface area contributed by atoms with Gasteiger partial charge in [0.1, 0.15) is 5.75 Å². The second kappa shape index (κ2) is 8.08. The number of anilines is 1. The number of hydrogen-bond donors (Lipinski definition) is 1. The predicted octanol–water partition coefficient (Wildman–Crippen LogP) is 2.49. The van der Waals surface area contributed by atoms with Crippen LogP contribution in [0, 0.1) is 0 Å². The fraction of sp³-hybridized carbons (Fsp3) is 0.278. The number of amides is 1. The minimum Gasteiger partial charge on any atom is -0.496 e. The molecule has 1 amide bonds.